The van der Waals surface area contributed by atoms with Crippen LogP contribution in [-0.2, 0) is 0 Å². The van der Waals surface area contributed by atoms with E-state index in [-0.39, 0.29) is 5.75 Å². The standard InChI is InChI=1S/C23H14O2/c24-20-14-19-22(15-8-2-1-3-9-15)18-12-6-7-13-21(18)25-23(19)17-11-5-4-10-16(17)20/h1-14H/p+1. The number of para-hydroxylation sites is 1. The fraction of sp³-hybridized carbons (Fsp3) is 0. The molecule has 5 aromatic rings. The van der Waals surface area contributed by atoms with Crippen molar-refractivity contribution in [2.45, 2.75) is 0 Å². The molecule has 0 fully saturated rings. The summed E-state index contributed by atoms with van der Waals surface area (Å²) in [5, 5.41) is 14.2. The van der Waals surface area contributed by atoms with E-state index >= 15 is 0 Å². The van der Waals surface area contributed by atoms with Crippen LogP contribution in [-0.4, -0.2) is 5.11 Å². The Morgan fingerprint density at radius 1 is 0.600 bits per heavy atom. The first-order chi connectivity index (χ1) is 12.3. The molecule has 0 amide bonds. The molecule has 1 N–H and O–H groups in total. The van der Waals surface area contributed by atoms with Crippen molar-refractivity contribution in [2.75, 3.05) is 0 Å². The lowest BCUT2D eigenvalue weighted by Crippen LogP contribution is -1.87. The van der Waals surface area contributed by atoms with E-state index in [1.165, 1.54) is 0 Å². The summed E-state index contributed by atoms with van der Waals surface area (Å²) in [5.41, 5.74) is 3.82. The van der Waals surface area contributed by atoms with Crippen LogP contribution in [0.4, 0.5) is 0 Å². The van der Waals surface area contributed by atoms with E-state index in [9.17, 15) is 5.11 Å². The van der Waals surface area contributed by atoms with E-state index < -0.39 is 0 Å². The summed E-state index contributed by atoms with van der Waals surface area (Å²) in [7, 11) is 0. The number of rotatable bonds is 1. The number of fused-ring (bicyclic) bond motifs is 4. The molecule has 2 heteroatoms. The predicted octanol–water partition coefficient (Wildman–Crippen LogP) is 6.39. The summed E-state index contributed by atoms with van der Waals surface area (Å²) in [6, 6.07) is 27.9. The molecule has 0 bridgehead atoms. The second kappa shape index (κ2) is 5.32. The second-order valence-electron chi connectivity index (χ2n) is 6.16. The van der Waals surface area contributed by atoms with Crippen molar-refractivity contribution in [3.8, 4) is 16.9 Å². The largest absolute Gasteiger partial charge is 0.507 e. The number of phenolic OH excluding ortho intramolecular Hbond substituents is 1. The predicted molar refractivity (Wildman–Crippen MR) is 103 cm³/mol. The molecule has 0 saturated carbocycles. The summed E-state index contributed by atoms with van der Waals surface area (Å²) >= 11 is 0. The van der Waals surface area contributed by atoms with Crippen LogP contribution in [0.5, 0.6) is 5.75 Å². The van der Waals surface area contributed by atoms with Crippen molar-refractivity contribution in [3.63, 3.8) is 0 Å². The lowest BCUT2D eigenvalue weighted by atomic mass is 9.95. The minimum absolute atomic E-state index is 0.269. The summed E-state index contributed by atoms with van der Waals surface area (Å²) < 4.78 is 6.27. The number of hydrogen-bond acceptors (Lipinski definition) is 1. The molecule has 0 radical (unpaired) electrons. The van der Waals surface area contributed by atoms with Gasteiger partial charge in [0, 0.05) is 17.0 Å². The van der Waals surface area contributed by atoms with E-state index in [1.54, 1.807) is 0 Å². The monoisotopic (exact) mass is 323 g/mol. The van der Waals surface area contributed by atoms with Crippen molar-refractivity contribution in [2.24, 2.45) is 0 Å². The molecule has 5 rings (SSSR count). The lowest BCUT2D eigenvalue weighted by molar-refractivity contribution is 0.482. The van der Waals surface area contributed by atoms with Gasteiger partial charge in [-0.1, -0.05) is 60.7 Å². The van der Waals surface area contributed by atoms with Crippen LogP contribution in [0.15, 0.2) is 89.3 Å². The van der Waals surface area contributed by atoms with Crippen LogP contribution >= 0.6 is 0 Å². The highest BCUT2D eigenvalue weighted by Crippen LogP contribution is 2.41. The van der Waals surface area contributed by atoms with E-state index in [1.807, 2.05) is 66.7 Å². The molecule has 0 spiro atoms. The SMILES string of the molecule is Oc1cc2c(-c3ccccc3)c3ccccc3[o+]c2c2ccccc12. The fourth-order valence-electron chi connectivity index (χ4n) is 3.56. The molecule has 0 aliphatic rings. The van der Waals surface area contributed by atoms with E-state index in [4.69, 9.17) is 4.42 Å². The molecule has 25 heavy (non-hydrogen) atoms. The Morgan fingerprint density at radius 3 is 2.04 bits per heavy atom. The van der Waals surface area contributed by atoms with Gasteiger partial charge in [-0.05, 0) is 23.8 Å². The summed E-state index contributed by atoms with van der Waals surface area (Å²) in [4.78, 5) is 0. The Kier molecular flexibility index (Phi) is 2.98. The molecule has 0 unspecified atom stereocenters. The molecule has 0 saturated heterocycles. The first-order valence-corrected chi connectivity index (χ1v) is 8.27. The maximum absolute atomic E-state index is 10.6. The molecule has 1 aromatic heterocycles. The van der Waals surface area contributed by atoms with Gasteiger partial charge in [0.15, 0.2) is 0 Å². The average molecular weight is 323 g/mol. The molecule has 1 heterocycles. The maximum Gasteiger partial charge on any atom is 0.369 e. The zero-order valence-electron chi connectivity index (χ0n) is 13.4. The minimum Gasteiger partial charge on any atom is -0.507 e. The van der Waals surface area contributed by atoms with Gasteiger partial charge < -0.3 is 5.11 Å². The third-order valence-electron chi connectivity index (χ3n) is 4.67. The zero-order valence-corrected chi connectivity index (χ0v) is 13.4. The van der Waals surface area contributed by atoms with Gasteiger partial charge in [0.1, 0.15) is 5.75 Å². The summed E-state index contributed by atoms with van der Waals surface area (Å²) in [6.07, 6.45) is 0. The fourth-order valence-corrected chi connectivity index (χ4v) is 3.56. The van der Waals surface area contributed by atoms with Gasteiger partial charge in [0.25, 0.3) is 0 Å². The third kappa shape index (κ3) is 2.08. The van der Waals surface area contributed by atoms with Gasteiger partial charge in [0.05, 0.1) is 16.2 Å². The van der Waals surface area contributed by atoms with Crippen molar-refractivity contribution < 1.29 is 9.52 Å². The van der Waals surface area contributed by atoms with Crippen molar-refractivity contribution in [1.82, 2.24) is 0 Å². The smallest absolute Gasteiger partial charge is 0.369 e. The van der Waals surface area contributed by atoms with Gasteiger partial charge in [-0.2, -0.15) is 0 Å². The molecule has 4 aromatic carbocycles. The number of phenols is 1. The third-order valence-corrected chi connectivity index (χ3v) is 4.67. The average Bonchev–Trinajstić information content (AvgIpc) is 2.67. The molecule has 0 aliphatic carbocycles. The van der Waals surface area contributed by atoms with E-state index in [0.29, 0.717) is 0 Å². The van der Waals surface area contributed by atoms with Crippen LogP contribution in [0, 0.1) is 0 Å². The van der Waals surface area contributed by atoms with Crippen LogP contribution in [0.1, 0.15) is 0 Å². The van der Waals surface area contributed by atoms with Gasteiger partial charge in [-0.15, -0.1) is 0 Å². The normalized spacial score (nSPS) is 11.4. The topological polar surface area (TPSA) is 31.5 Å². The van der Waals surface area contributed by atoms with E-state index in [2.05, 4.69) is 18.2 Å². The Labute approximate surface area is 144 Å². The van der Waals surface area contributed by atoms with Crippen molar-refractivity contribution >= 4 is 32.7 Å². The van der Waals surface area contributed by atoms with E-state index in [0.717, 1.165) is 43.8 Å². The van der Waals surface area contributed by atoms with Crippen molar-refractivity contribution in [1.29, 1.82) is 0 Å². The Balaban J connectivity index is 2.08. The molecule has 2 nitrogen and oxygen atoms in total. The molecule has 118 valence electrons. The highest BCUT2D eigenvalue weighted by atomic mass is 16.3. The van der Waals surface area contributed by atoms with Crippen LogP contribution in [0.2, 0.25) is 0 Å². The molecular weight excluding hydrogens is 308 g/mol. The Bertz CT molecular complexity index is 1240. The van der Waals surface area contributed by atoms with Gasteiger partial charge in [-0.3, -0.25) is 0 Å². The number of benzene rings is 4. The molecule has 0 atom stereocenters. The van der Waals surface area contributed by atoms with Crippen LogP contribution < -0.4 is 0 Å². The minimum atomic E-state index is 0.269. The first-order valence-electron chi connectivity index (χ1n) is 8.27. The zero-order chi connectivity index (χ0) is 16.8. The quantitative estimate of drug-likeness (QED) is 0.220. The van der Waals surface area contributed by atoms with Crippen LogP contribution in [0.3, 0.4) is 0 Å². The van der Waals surface area contributed by atoms with Gasteiger partial charge in [0.2, 0.25) is 0 Å². The maximum atomic E-state index is 10.6. The number of aromatic hydroxyl groups is 1. The van der Waals surface area contributed by atoms with Crippen molar-refractivity contribution in [3.05, 3.63) is 84.9 Å². The Morgan fingerprint density at radius 2 is 1.24 bits per heavy atom. The first kappa shape index (κ1) is 14.0. The molecule has 0 aliphatic heterocycles. The van der Waals surface area contributed by atoms with Crippen LogP contribution in [0.25, 0.3) is 43.8 Å². The lowest BCUT2D eigenvalue weighted by Gasteiger charge is -2.07. The summed E-state index contributed by atoms with van der Waals surface area (Å²) in [5.74, 6) is 0.269. The Hall–Kier alpha value is -3.39. The highest BCUT2D eigenvalue weighted by molar-refractivity contribution is 6.16. The summed E-state index contributed by atoms with van der Waals surface area (Å²) in [6.45, 7) is 0. The molecular formula is C23H15O2+. The van der Waals surface area contributed by atoms with Gasteiger partial charge >= 0.3 is 11.2 Å². The van der Waals surface area contributed by atoms with Gasteiger partial charge in [-0.25, -0.2) is 4.42 Å². The second-order valence-corrected chi connectivity index (χ2v) is 6.16. The highest BCUT2D eigenvalue weighted by Gasteiger charge is 2.23. The number of hydrogen-bond donors (Lipinski definition) is 1.